The zero-order valence-corrected chi connectivity index (χ0v) is 8.65. The SMILES string of the molecule is COC(=O)[C@H](O)[C@H](N=[N+]=[N-])c1ccccc1. The fourth-order valence-electron chi connectivity index (χ4n) is 1.27. The molecular weight excluding hydrogens is 210 g/mol. The number of carbonyl (C=O) groups is 1. The zero-order chi connectivity index (χ0) is 12.0. The second-order valence-corrected chi connectivity index (χ2v) is 3.03. The fraction of sp³-hybridized carbons (Fsp3) is 0.300. The van der Waals surface area contributed by atoms with E-state index in [0.29, 0.717) is 5.56 Å². The van der Waals surface area contributed by atoms with E-state index in [2.05, 4.69) is 14.8 Å². The van der Waals surface area contributed by atoms with Gasteiger partial charge in [-0.2, -0.15) is 0 Å². The first-order valence-corrected chi connectivity index (χ1v) is 4.55. The maximum Gasteiger partial charge on any atom is 0.335 e. The second-order valence-electron chi connectivity index (χ2n) is 3.03. The third-order valence-electron chi connectivity index (χ3n) is 2.06. The molecule has 0 spiro atoms. The van der Waals surface area contributed by atoms with Gasteiger partial charge in [0.1, 0.15) is 0 Å². The van der Waals surface area contributed by atoms with Gasteiger partial charge in [-0.3, -0.25) is 0 Å². The molecule has 1 N–H and O–H groups in total. The first-order chi connectivity index (χ1) is 7.70. The Morgan fingerprint density at radius 3 is 2.62 bits per heavy atom. The third kappa shape index (κ3) is 2.73. The number of rotatable bonds is 4. The second kappa shape index (κ2) is 5.75. The van der Waals surface area contributed by atoms with Crippen molar-refractivity contribution in [2.45, 2.75) is 12.1 Å². The minimum absolute atomic E-state index is 0.554. The summed E-state index contributed by atoms with van der Waals surface area (Å²) in [7, 11) is 1.16. The van der Waals surface area contributed by atoms with Crippen LogP contribution in [-0.2, 0) is 9.53 Å². The maximum atomic E-state index is 11.1. The van der Waals surface area contributed by atoms with Gasteiger partial charge in [-0.25, -0.2) is 4.79 Å². The number of ether oxygens (including phenoxy) is 1. The predicted octanol–water partition coefficient (Wildman–Crippen LogP) is 1.57. The van der Waals surface area contributed by atoms with Crippen LogP contribution >= 0.6 is 0 Å². The summed E-state index contributed by atoms with van der Waals surface area (Å²) < 4.78 is 4.39. The first-order valence-electron chi connectivity index (χ1n) is 4.55. The van der Waals surface area contributed by atoms with Gasteiger partial charge in [-0.05, 0) is 11.1 Å². The van der Waals surface area contributed by atoms with Crippen molar-refractivity contribution < 1.29 is 14.6 Å². The van der Waals surface area contributed by atoms with Gasteiger partial charge in [0.25, 0.3) is 0 Å². The highest BCUT2D eigenvalue weighted by molar-refractivity contribution is 5.75. The van der Waals surface area contributed by atoms with E-state index in [-0.39, 0.29) is 0 Å². The van der Waals surface area contributed by atoms with Crippen LogP contribution in [0.1, 0.15) is 11.6 Å². The smallest absolute Gasteiger partial charge is 0.335 e. The van der Waals surface area contributed by atoms with E-state index in [0.717, 1.165) is 7.11 Å². The molecule has 1 aromatic carbocycles. The average Bonchev–Trinajstić information content (AvgIpc) is 2.35. The molecule has 0 aliphatic rings. The summed E-state index contributed by atoms with van der Waals surface area (Å²) in [5.74, 6) is -0.832. The largest absolute Gasteiger partial charge is 0.467 e. The van der Waals surface area contributed by atoms with Gasteiger partial charge in [-0.1, -0.05) is 35.4 Å². The average molecular weight is 221 g/mol. The lowest BCUT2D eigenvalue weighted by molar-refractivity contribution is -0.151. The lowest BCUT2D eigenvalue weighted by Crippen LogP contribution is -2.27. The number of benzene rings is 1. The molecule has 0 unspecified atom stereocenters. The molecule has 84 valence electrons. The van der Waals surface area contributed by atoms with Gasteiger partial charge in [-0.15, -0.1) is 0 Å². The van der Waals surface area contributed by atoms with Crippen molar-refractivity contribution in [3.63, 3.8) is 0 Å². The van der Waals surface area contributed by atoms with Crippen molar-refractivity contribution in [1.82, 2.24) is 0 Å². The molecule has 16 heavy (non-hydrogen) atoms. The van der Waals surface area contributed by atoms with Crippen LogP contribution in [0.25, 0.3) is 10.4 Å². The Balaban J connectivity index is 3.00. The van der Waals surface area contributed by atoms with Gasteiger partial charge in [0, 0.05) is 4.91 Å². The number of hydrogen-bond acceptors (Lipinski definition) is 4. The van der Waals surface area contributed by atoms with Crippen molar-refractivity contribution in [1.29, 1.82) is 0 Å². The number of aliphatic hydroxyl groups is 1. The summed E-state index contributed by atoms with van der Waals surface area (Å²) in [6.07, 6.45) is -1.50. The number of hydrogen-bond donors (Lipinski definition) is 1. The van der Waals surface area contributed by atoms with Gasteiger partial charge in [0.05, 0.1) is 13.2 Å². The van der Waals surface area contributed by atoms with Crippen LogP contribution < -0.4 is 0 Å². The molecule has 6 heteroatoms. The van der Waals surface area contributed by atoms with Crippen LogP contribution in [0.2, 0.25) is 0 Å². The van der Waals surface area contributed by atoms with Crippen molar-refractivity contribution >= 4 is 5.97 Å². The molecular formula is C10H11N3O3. The quantitative estimate of drug-likeness (QED) is 0.361. The molecule has 1 aromatic rings. The van der Waals surface area contributed by atoms with Crippen LogP contribution in [0.5, 0.6) is 0 Å². The lowest BCUT2D eigenvalue weighted by Gasteiger charge is -2.16. The Labute approximate surface area is 92.1 Å². The summed E-state index contributed by atoms with van der Waals surface area (Å²) in [4.78, 5) is 13.8. The van der Waals surface area contributed by atoms with E-state index in [1.54, 1.807) is 30.3 Å². The molecule has 0 saturated heterocycles. The van der Waals surface area contributed by atoms with Gasteiger partial charge in [0.15, 0.2) is 6.10 Å². The number of methoxy groups -OCH3 is 1. The molecule has 6 nitrogen and oxygen atoms in total. The zero-order valence-electron chi connectivity index (χ0n) is 8.65. The normalized spacial score (nSPS) is 13.4. The molecule has 0 fully saturated rings. The Morgan fingerprint density at radius 2 is 2.12 bits per heavy atom. The topological polar surface area (TPSA) is 95.3 Å². The number of esters is 1. The molecule has 0 aliphatic carbocycles. The minimum atomic E-state index is -1.50. The van der Waals surface area contributed by atoms with Gasteiger partial charge < -0.3 is 9.84 Å². The molecule has 0 saturated carbocycles. The summed E-state index contributed by atoms with van der Waals surface area (Å²) in [6.45, 7) is 0. The Bertz CT molecular complexity index is 401. The standard InChI is InChI=1S/C10H11N3O3/c1-16-10(15)9(14)8(12-13-11)7-5-3-2-4-6-7/h2-6,8-9,14H,1H3/t8-,9-/m1/s1. The van der Waals surface area contributed by atoms with E-state index in [4.69, 9.17) is 5.53 Å². The van der Waals surface area contributed by atoms with Gasteiger partial charge >= 0.3 is 5.97 Å². The first kappa shape index (κ1) is 12.0. The van der Waals surface area contributed by atoms with Crippen LogP contribution in [0.4, 0.5) is 0 Å². The monoisotopic (exact) mass is 221 g/mol. The highest BCUT2D eigenvalue weighted by Crippen LogP contribution is 2.22. The lowest BCUT2D eigenvalue weighted by atomic mass is 10.0. The van der Waals surface area contributed by atoms with Crippen LogP contribution in [0.3, 0.4) is 0 Å². The van der Waals surface area contributed by atoms with E-state index >= 15 is 0 Å². The van der Waals surface area contributed by atoms with Crippen molar-refractivity contribution in [2.24, 2.45) is 5.11 Å². The van der Waals surface area contributed by atoms with Crippen LogP contribution in [0.15, 0.2) is 35.4 Å². The number of azide groups is 1. The molecule has 1 rings (SSSR count). The fourth-order valence-corrected chi connectivity index (χ4v) is 1.27. The molecule has 0 amide bonds. The maximum absolute atomic E-state index is 11.1. The van der Waals surface area contributed by atoms with Gasteiger partial charge in [0.2, 0.25) is 0 Å². The number of carbonyl (C=O) groups excluding carboxylic acids is 1. The Hall–Kier alpha value is -2.04. The number of aliphatic hydroxyl groups excluding tert-OH is 1. The van der Waals surface area contributed by atoms with E-state index < -0.39 is 18.1 Å². The molecule has 0 heterocycles. The minimum Gasteiger partial charge on any atom is -0.467 e. The van der Waals surface area contributed by atoms with Crippen molar-refractivity contribution in [2.75, 3.05) is 7.11 Å². The van der Waals surface area contributed by atoms with Crippen molar-refractivity contribution in [3.05, 3.63) is 46.3 Å². The summed E-state index contributed by atoms with van der Waals surface area (Å²) in [5, 5.41) is 13.0. The van der Waals surface area contributed by atoms with Crippen LogP contribution in [0, 0.1) is 0 Å². The molecule has 2 atom stereocenters. The summed E-state index contributed by atoms with van der Waals surface area (Å²) in [5.41, 5.74) is 8.95. The third-order valence-corrected chi connectivity index (χ3v) is 2.06. The van der Waals surface area contributed by atoms with E-state index in [1.165, 1.54) is 0 Å². The molecule has 0 radical (unpaired) electrons. The molecule has 0 aliphatic heterocycles. The highest BCUT2D eigenvalue weighted by Gasteiger charge is 2.27. The predicted molar refractivity (Wildman–Crippen MR) is 56.4 cm³/mol. The number of nitrogens with zero attached hydrogens (tertiary/aromatic N) is 3. The summed E-state index contributed by atoms with van der Waals surface area (Å²) >= 11 is 0. The molecule has 0 bridgehead atoms. The van der Waals surface area contributed by atoms with E-state index in [9.17, 15) is 9.90 Å². The highest BCUT2D eigenvalue weighted by atomic mass is 16.5. The Kier molecular flexibility index (Phi) is 4.32. The summed E-state index contributed by atoms with van der Waals surface area (Å²) in [6, 6.07) is 7.56. The molecule has 0 aromatic heterocycles. The van der Waals surface area contributed by atoms with E-state index in [1.807, 2.05) is 0 Å². The van der Waals surface area contributed by atoms with Crippen molar-refractivity contribution in [3.8, 4) is 0 Å². The Morgan fingerprint density at radius 1 is 1.50 bits per heavy atom. The van der Waals surface area contributed by atoms with Crippen LogP contribution in [-0.4, -0.2) is 24.3 Å².